The van der Waals surface area contributed by atoms with Crippen molar-refractivity contribution in [1.29, 1.82) is 0 Å². The highest BCUT2D eigenvalue weighted by Crippen LogP contribution is 2.25. The van der Waals surface area contributed by atoms with Gasteiger partial charge < -0.3 is 10.2 Å². The van der Waals surface area contributed by atoms with E-state index < -0.39 is 12.2 Å². The third kappa shape index (κ3) is 4.97. The van der Waals surface area contributed by atoms with Crippen LogP contribution in [-0.4, -0.2) is 22.4 Å². The van der Waals surface area contributed by atoms with Crippen LogP contribution in [0.3, 0.4) is 0 Å². The second-order valence-electron chi connectivity index (χ2n) is 5.51. The summed E-state index contributed by atoms with van der Waals surface area (Å²) in [5.41, 5.74) is -0.231. The Morgan fingerprint density at radius 2 is 1.64 bits per heavy atom. The van der Waals surface area contributed by atoms with Crippen molar-refractivity contribution in [2.24, 2.45) is 11.3 Å². The molecule has 2 N–H and O–H groups in total. The van der Waals surface area contributed by atoms with Gasteiger partial charge in [0.05, 0.1) is 12.2 Å². The maximum atomic E-state index is 9.82. The lowest BCUT2D eigenvalue weighted by molar-refractivity contribution is -0.0531. The van der Waals surface area contributed by atoms with Gasteiger partial charge in [0.1, 0.15) is 0 Å². The van der Waals surface area contributed by atoms with Gasteiger partial charge in [0.25, 0.3) is 0 Å². The van der Waals surface area contributed by atoms with Gasteiger partial charge in [-0.15, -0.1) is 0 Å². The monoisotopic (exact) mass is 202 g/mol. The molecule has 0 saturated carbocycles. The van der Waals surface area contributed by atoms with Gasteiger partial charge in [-0.3, -0.25) is 0 Å². The Morgan fingerprint density at radius 1 is 1.14 bits per heavy atom. The van der Waals surface area contributed by atoms with Crippen LogP contribution in [0.15, 0.2) is 0 Å². The highest BCUT2D eigenvalue weighted by molar-refractivity contribution is 4.80. The molecule has 0 aromatic carbocycles. The summed E-state index contributed by atoms with van der Waals surface area (Å²) < 4.78 is 0. The van der Waals surface area contributed by atoms with Crippen LogP contribution in [0.25, 0.3) is 0 Å². The molecule has 0 amide bonds. The SMILES string of the molecule is CCCC(C)CC(O)C(O)C(C)(C)C. The van der Waals surface area contributed by atoms with Crippen LogP contribution in [0.2, 0.25) is 0 Å². The first-order valence-electron chi connectivity index (χ1n) is 5.65. The van der Waals surface area contributed by atoms with Crippen molar-refractivity contribution < 1.29 is 10.2 Å². The van der Waals surface area contributed by atoms with E-state index in [2.05, 4.69) is 13.8 Å². The average Bonchev–Trinajstić information content (AvgIpc) is 2.01. The van der Waals surface area contributed by atoms with Crippen molar-refractivity contribution in [3.8, 4) is 0 Å². The molecule has 2 nitrogen and oxygen atoms in total. The van der Waals surface area contributed by atoms with E-state index >= 15 is 0 Å². The standard InChI is InChI=1S/C12H26O2/c1-6-7-9(2)8-10(13)11(14)12(3,4)5/h9-11,13-14H,6-8H2,1-5H3. The van der Waals surface area contributed by atoms with E-state index in [1.54, 1.807) is 0 Å². The molecule has 2 heteroatoms. The Morgan fingerprint density at radius 3 is 2.00 bits per heavy atom. The highest BCUT2D eigenvalue weighted by Gasteiger charge is 2.29. The summed E-state index contributed by atoms with van der Waals surface area (Å²) in [6.07, 6.45) is 1.75. The van der Waals surface area contributed by atoms with Gasteiger partial charge in [-0.05, 0) is 17.8 Å². The fourth-order valence-electron chi connectivity index (χ4n) is 1.73. The van der Waals surface area contributed by atoms with E-state index in [1.165, 1.54) is 0 Å². The van der Waals surface area contributed by atoms with Crippen molar-refractivity contribution >= 4 is 0 Å². The van der Waals surface area contributed by atoms with Gasteiger partial charge in [-0.25, -0.2) is 0 Å². The molecule has 0 heterocycles. The number of rotatable bonds is 5. The number of aliphatic hydroxyl groups excluding tert-OH is 2. The Hall–Kier alpha value is -0.0800. The zero-order valence-electron chi connectivity index (χ0n) is 10.2. The van der Waals surface area contributed by atoms with E-state index in [0.717, 1.165) is 12.8 Å². The first kappa shape index (κ1) is 13.9. The molecule has 0 aliphatic carbocycles. The maximum Gasteiger partial charge on any atom is 0.0847 e. The van der Waals surface area contributed by atoms with E-state index in [1.807, 2.05) is 20.8 Å². The van der Waals surface area contributed by atoms with E-state index in [-0.39, 0.29) is 5.41 Å². The van der Waals surface area contributed by atoms with E-state index in [0.29, 0.717) is 12.3 Å². The predicted octanol–water partition coefficient (Wildman–Crippen LogP) is 2.58. The first-order chi connectivity index (χ1) is 6.29. The maximum absolute atomic E-state index is 9.82. The minimum Gasteiger partial charge on any atom is -0.390 e. The minimum atomic E-state index is -0.623. The van der Waals surface area contributed by atoms with Gasteiger partial charge >= 0.3 is 0 Å². The lowest BCUT2D eigenvalue weighted by Crippen LogP contribution is -2.38. The third-order valence-corrected chi connectivity index (χ3v) is 2.68. The summed E-state index contributed by atoms with van der Waals surface area (Å²) in [6, 6.07) is 0. The molecule has 0 aliphatic rings. The lowest BCUT2D eigenvalue weighted by Gasteiger charge is -2.31. The smallest absolute Gasteiger partial charge is 0.0847 e. The lowest BCUT2D eigenvalue weighted by atomic mass is 9.82. The van der Waals surface area contributed by atoms with Crippen LogP contribution in [0.5, 0.6) is 0 Å². The molecule has 0 spiro atoms. The molecule has 0 aromatic rings. The first-order valence-corrected chi connectivity index (χ1v) is 5.65. The summed E-state index contributed by atoms with van der Waals surface area (Å²) in [6.45, 7) is 10.1. The summed E-state index contributed by atoms with van der Waals surface area (Å²) in [4.78, 5) is 0. The van der Waals surface area contributed by atoms with Crippen LogP contribution in [0, 0.1) is 11.3 Å². The quantitative estimate of drug-likeness (QED) is 0.719. The molecule has 3 atom stereocenters. The van der Waals surface area contributed by atoms with Gasteiger partial charge in [0.15, 0.2) is 0 Å². The van der Waals surface area contributed by atoms with Gasteiger partial charge in [-0.2, -0.15) is 0 Å². The Bertz CT molecular complexity index is 149. The molecule has 0 aliphatic heterocycles. The zero-order valence-corrected chi connectivity index (χ0v) is 10.2. The fourth-order valence-corrected chi connectivity index (χ4v) is 1.73. The molecule has 0 saturated heterocycles. The average molecular weight is 202 g/mol. The van der Waals surface area contributed by atoms with Crippen molar-refractivity contribution in [1.82, 2.24) is 0 Å². The Labute approximate surface area is 88.3 Å². The molecular formula is C12H26O2. The second kappa shape index (κ2) is 5.72. The largest absolute Gasteiger partial charge is 0.390 e. The van der Waals surface area contributed by atoms with Crippen LogP contribution in [-0.2, 0) is 0 Å². The van der Waals surface area contributed by atoms with Crippen molar-refractivity contribution in [3.05, 3.63) is 0 Å². The molecule has 14 heavy (non-hydrogen) atoms. The van der Waals surface area contributed by atoms with Crippen molar-refractivity contribution in [2.45, 2.75) is 66.1 Å². The van der Waals surface area contributed by atoms with Crippen LogP contribution < -0.4 is 0 Å². The van der Waals surface area contributed by atoms with Crippen molar-refractivity contribution in [2.75, 3.05) is 0 Å². The zero-order chi connectivity index (χ0) is 11.4. The van der Waals surface area contributed by atoms with Gasteiger partial charge in [0, 0.05) is 0 Å². The van der Waals surface area contributed by atoms with Crippen molar-refractivity contribution in [3.63, 3.8) is 0 Å². The summed E-state index contributed by atoms with van der Waals surface area (Å²) in [7, 11) is 0. The molecule has 0 rings (SSSR count). The van der Waals surface area contributed by atoms with Crippen LogP contribution in [0.1, 0.15) is 53.9 Å². The molecule has 0 aromatic heterocycles. The number of hydrogen-bond acceptors (Lipinski definition) is 2. The summed E-state index contributed by atoms with van der Waals surface area (Å²) in [5, 5.41) is 19.6. The van der Waals surface area contributed by atoms with E-state index in [9.17, 15) is 10.2 Å². The van der Waals surface area contributed by atoms with Gasteiger partial charge in [-0.1, -0.05) is 47.5 Å². The highest BCUT2D eigenvalue weighted by atomic mass is 16.3. The number of aliphatic hydroxyl groups is 2. The molecule has 0 radical (unpaired) electrons. The molecule has 86 valence electrons. The normalized spacial score (nSPS) is 19.1. The molecule has 0 fully saturated rings. The fraction of sp³-hybridized carbons (Fsp3) is 1.00. The topological polar surface area (TPSA) is 40.5 Å². The molecular weight excluding hydrogens is 176 g/mol. The Kier molecular flexibility index (Phi) is 5.68. The Balaban J connectivity index is 4.01. The number of hydrogen-bond donors (Lipinski definition) is 2. The van der Waals surface area contributed by atoms with Gasteiger partial charge in [0.2, 0.25) is 0 Å². The minimum absolute atomic E-state index is 0.231. The third-order valence-electron chi connectivity index (χ3n) is 2.68. The molecule has 3 unspecified atom stereocenters. The second-order valence-corrected chi connectivity index (χ2v) is 5.51. The molecule has 0 bridgehead atoms. The van der Waals surface area contributed by atoms with E-state index in [4.69, 9.17) is 0 Å². The predicted molar refractivity (Wildman–Crippen MR) is 60.2 cm³/mol. The van der Waals surface area contributed by atoms with Crippen LogP contribution >= 0.6 is 0 Å². The summed E-state index contributed by atoms with van der Waals surface area (Å²) >= 11 is 0. The van der Waals surface area contributed by atoms with Crippen LogP contribution in [0.4, 0.5) is 0 Å². The summed E-state index contributed by atoms with van der Waals surface area (Å²) in [5.74, 6) is 0.493.